The van der Waals surface area contributed by atoms with Crippen LogP contribution in [0.15, 0.2) is 0 Å². The average Bonchev–Trinajstić information content (AvgIpc) is 2.77. The van der Waals surface area contributed by atoms with Gasteiger partial charge in [0.25, 0.3) is 0 Å². The first kappa shape index (κ1) is 22.6. The van der Waals surface area contributed by atoms with Crippen molar-refractivity contribution in [3.05, 3.63) is 0 Å². The van der Waals surface area contributed by atoms with Gasteiger partial charge in [0.1, 0.15) is 0 Å². The van der Waals surface area contributed by atoms with E-state index in [0.29, 0.717) is 12.5 Å². The standard InChI is InChI=1S/C27H50O/c1-3-5-6-7-8-21-9-12-24(13-10-21)25-14-16-26(17-15-25)27-18-11-22(20-28)19-23(27)4-2/h21-28H,3-20H2,1-2H3. The predicted octanol–water partition coefficient (Wildman–Crippen LogP) is 8.00. The number of rotatable bonds is 9. The lowest BCUT2D eigenvalue weighted by Crippen LogP contribution is -2.34. The van der Waals surface area contributed by atoms with E-state index >= 15 is 0 Å². The number of hydrogen-bond acceptors (Lipinski definition) is 1. The van der Waals surface area contributed by atoms with Crippen molar-refractivity contribution >= 4 is 0 Å². The van der Waals surface area contributed by atoms with E-state index in [-0.39, 0.29) is 0 Å². The zero-order chi connectivity index (χ0) is 19.8. The maximum Gasteiger partial charge on any atom is 0.0459 e. The minimum Gasteiger partial charge on any atom is -0.396 e. The Labute approximate surface area is 176 Å². The summed E-state index contributed by atoms with van der Waals surface area (Å²) in [5.41, 5.74) is 0. The van der Waals surface area contributed by atoms with E-state index in [2.05, 4.69) is 13.8 Å². The lowest BCUT2D eigenvalue weighted by molar-refractivity contribution is 0.0519. The van der Waals surface area contributed by atoms with Gasteiger partial charge in [0.2, 0.25) is 0 Å². The molecule has 0 aliphatic heterocycles. The van der Waals surface area contributed by atoms with E-state index in [1.807, 2.05) is 0 Å². The fraction of sp³-hybridized carbons (Fsp3) is 1.00. The van der Waals surface area contributed by atoms with Crippen LogP contribution < -0.4 is 0 Å². The van der Waals surface area contributed by atoms with E-state index in [9.17, 15) is 5.11 Å². The van der Waals surface area contributed by atoms with Crippen molar-refractivity contribution in [1.82, 2.24) is 0 Å². The van der Waals surface area contributed by atoms with Gasteiger partial charge < -0.3 is 5.11 Å². The molecular weight excluding hydrogens is 340 g/mol. The van der Waals surface area contributed by atoms with Gasteiger partial charge in [0.15, 0.2) is 0 Å². The van der Waals surface area contributed by atoms with E-state index in [0.717, 1.165) is 35.5 Å². The summed E-state index contributed by atoms with van der Waals surface area (Å²) in [6, 6.07) is 0. The monoisotopic (exact) mass is 390 g/mol. The molecule has 3 aliphatic carbocycles. The van der Waals surface area contributed by atoms with Gasteiger partial charge in [-0.05, 0) is 99.2 Å². The van der Waals surface area contributed by atoms with E-state index in [4.69, 9.17) is 0 Å². The first-order chi connectivity index (χ1) is 13.7. The van der Waals surface area contributed by atoms with Crippen molar-refractivity contribution in [2.24, 2.45) is 41.4 Å². The molecule has 0 heterocycles. The van der Waals surface area contributed by atoms with Gasteiger partial charge in [-0.1, -0.05) is 65.2 Å². The van der Waals surface area contributed by atoms with Crippen LogP contribution in [0.5, 0.6) is 0 Å². The van der Waals surface area contributed by atoms with Crippen molar-refractivity contribution in [2.75, 3.05) is 6.61 Å². The summed E-state index contributed by atoms with van der Waals surface area (Å²) < 4.78 is 0. The van der Waals surface area contributed by atoms with Gasteiger partial charge in [-0.2, -0.15) is 0 Å². The summed E-state index contributed by atoms with van der Waals surface area (Å²) in [5, 5.41) is 9.57. The van der Waals surface area contributed by atoms with E-state index in [1.165, 1.54) is 83.5 Å². The molecule has 28 heavy (non-hydrogen) atoms. The first-order valence-electron chi connectivity index (χ1n) is 13.4. The molecule has 164 valence electrons. The fourth-order valence-electron chi connectivity index (χ4n) is 7.49. The van der Waals surface area contributed by atoms with Crippen LogP contribution >= 0.6 is 0 Å². The molecular formula is C27H50O. The second kappa shape index (κ2) is 12.0. The second-order valence-electron chi connectivity index (χ2n) is 11.0. The Kier molecular flexibility index (Phi) is 9.68. The van der Waals surface area contributed by atoms with Gasteiger partial charge >= 0.3 is 0 Å². The normalized spacial score (nSPS) is 39.8. The third kappa shape index (κ3) is 6.23. The number of hydrogen-bond donors (Lipinski definition) is 1. The highest BCUT2D eigenvalue weighted by Crippen LogP contribution is 2.48. The van der Waals surface area contributed by atoms with Crippen LogP contribution in [0.2, 0.25) is 0 Å². The number of aliphatic hydroxyl groups is 1. The highest BCUT2D eigenvalue weighted by atomic mass is 16.3. The molecule has 0 amide bonds. The molecule has 0 aromatic rings. The SMILES string of the molecule is CCCCCCC1CCC(C2CCC(C3CCC(CO)CC3CC)CC2)CC1. The number of unbranched alkanes of at least 4 members (excludes halogenated alkanes) is 3. The van der Waals surface area contributed by atoms with Gasteiger partial charge in [-0.25, -0.2) is 0 Å². The van der Waals surface area contributed by atoms with Crippen molar-refractivity contribution in [1.29, 1.82) is 0 Å². The predicted molar refractivity (Wildman–Crippen MR) is 121 cm³/mol. The molecule has 3 fully saturated rings. The highest BCUT2D eigenvalue weighted by Gasteiger charge is 2.37. The summed E-state index contributed by atoms with van der Waals surface area (Å²) in [6.07, 6.45) is 24.9. The molecule has 0 bridgehead atoms. The Balaban J connectivity index is 1.36. The third-order valence-electron chi connectivity index (χ3n) is 9.38. The van der Waals surface area contributed by atoms with Gasteiger partial charge in [0, 0.05) is 6.61 Å². The first-order valence-corrected chi connectivity index (χ1v) is 13.4. The maximum absolute atomic E-state index is 9.57. The molecule has 1 heteroatoms. The molecule has 3 saturated carbocycles. The Morgan fingerprint density at radius 1 is 0.643 bits per heavy atom. The molecule has 0 saturated heterocycles. The smallest absolute Gasteiger partial charge is 0.0459 e. The third-order valence-corrected chi connectivity index (χ3v) is 9.38. The molecule has 0 radical (unpaired) electrons. The minimum atomic E-state index is 0.428. The Hall–Kier alpha value is -0.0400. The van der Waals surface area contributed by atoms with Crippen molar-refractivity contribution < 1.29 is 5.11 Å². The van der Waals surface area contributed by atoms with Gasteiger partial charge in [0.05, 0.1) is 0 Å². The summed E-state index contributed by atoms with van der Waals surface area (Å²) in [5.74, 6) is 6.69. The summed E-state index contributed by atoms with van der Waals surface area (Å²) in [4.78, 5) is 0. The van der Waals surface area contributed by atoms with Crippen molar-refractivity contribution in [3.63, 3.8) is 0 Å². The van der Waals surface area contributed by atoms with Crippen molar-refractivity contribution in [2.45, 2.75) is 123 Å². The Bertz CT molecular complexity index is 402. The molecule has 3 unspecified atom stereocenters. The minimum absolute atomic E-state index is 0.428. The Morgan fingerprint density at radius 3 is 1.86 bits per heavy atom. The van der Waals surface area contributed by atoms with Crippen LogP contribution in [-0.4, -0.2) is 11.7 Å². The van der Waals surface area contributed by atoms with E-state index in [1.54, 1.807) is 25.7 Å². The molecule has 0 spiro atoms. The summed E-state index contributed by atoms with van der Waals surface area (Å²) in [7, 11) is 0. The molecule has 3 aliphatic rings. The topological polar surface area (TPSA) is 20.2 Å². The fourth-order valence-corrected chi connectivity index (χ4v) is 7.49. The van der Waals surface area contributed by atoms with Crippen LogP contribution in [0.1, 0.15) is 123 Å². The Morgan fingerprint density at radius 2 is 1.25 bits per heavy atom. The lowest BCUT2D eigenvalue weighted by atomic mass is 9.62. The molecule has 3 rings (SSSR count). The van der Waals surface area contributed by atoms with Crippen molar-refractivity contribution in [3.8, 4) is 0 Å². The zero-order valence-electron chi connectivity index (χ0n) is 19.2. The molecule has 0 aromatic carbocycles. The van der Waals surface area contributed by atoms with Crippen LogP contribution in [0.4, 0.5) is 0 Å². The zero-order valence-corrected chi connectivity index (χ0v) is 19.2. The summed E-state index contributed by atoms with van der Waals surface area (Å²) >= 11 is 0. The van der Waals surface area contributed by atoms with Crippen LogP contribution in [0.3, 0.4) is 0 Å². The van der Waals surface area contributed by atoms with E-state index < -0.39 is 0 Å². The van der Waals surface area contributed by atoms with Gasteiger partial charge in [-0.15, -0.1) is 0 Å². The lowest BCUT2D eigenvalue weighted by Gasteiger charge is -2.44. The molecule has 0 aromatic heterocycles. The highest BCUT2D eigenvalue weighted by molar-refractivity contribution is 4.88. The van der Waals surface area contributed by atoms with Crippen LogP contribution in [0.25, 0.3) is 0 Å². The molecule has 1 N–H and O–H groups in total. The van der Waals surface area contributed by atoms with Crippen LogP contribution in [-0.2, 0) is 0 Å². The summed E-state index contributed by atoms with van der Waals surface area (Å²) in [6.45, 7) is 5.14. The average molecular weight is 391 g/mol. The maximum atomic E-state index is 9.57. The molecule has 3 atom stereocenters. The largest absolute Gasteiger partial charge is 0.396 e. The quantitative estimate of drug-likeness (QED) is 0.395. The second-order valence-corrected chi connectivity index (χ2v) is 11.0. The van der Waals surface area contributed by atoms with Gasteiger partial charge in [-0.3, -0.25) is 0 Å². The van der Waals surface area contributed by atoms with Crippen LogP contribution in [0, 0.1) is 41.4 Å². The number of aliphatic hydroxyl groups excluding tert-OH is 1. The molecule has 1 nitrogen and oxygen atoms in total.